The average Bonchev–Trinajstić information content (AvgIpc) is 2.21. The van der Waals surface area contributed by atoms with E-state index in [4.69, 9.17) is 4.55 Å². The van der Waals surface area contributed by atoms with Gasteiger partial charge in [0.1, 0.15) is 0 Å². The predicted molar refractivity (Wildman–Crippen MR) is 53.2 cm³/mol. The smallest absolute Gasteiger partial charge is 0.306 e. The van der Waals surface area contributed by atoms with Gasteiger partial charge in [-0.05, 0) is 6.42 Å². The monoisotopic (exact) mass is 254 g/mol. The molecule has 0 amide bonds. The van der Waals surface area contributed by atoms with Crippen molar-refractivity contribution in [1.29, 1.82) is 0 Å². The number of esters is 2. The van der Waals surface area contributed by atoms with E-state index in [2.05, 4.69) is 9.47 Å². The number of carbonyl (C=O) groups excluding carboxylic acids is 2. The Morgan fingerprint density at radius 3 is 2.06 bits per heavy atom. The molecule has 1 N–H and O–H groups in total. The topological polar surface area (TPSA) is 107 Å². The highest BCUT2D eigenvalue weighted by Gasteiger charge is 2.27. The van der Waals surface area contributed by atoms with Crippen LogP contribution < -0.4 is 0 Å². The van der Waals surface area contributed by atoms with Gasteiger partial charge in [-0.3, -0.25) is 14.1 Å². The first kappa shape index (κ1) is 14.8. The molecule has 0 aliphatic carbocycles. The van der Waals surface area contributed by atoms with Gasteiger partial charge in [0.15, 0.2) is 0 Å². The Hall–Kier alpha value is -1.15. The van der Waals surface area contributed by atoms with E-state index in [1.54, 1.807) is 0 Å². The Morgan fingerprint density at radius 1 is 1.19 bits per heavy atom. The van der Waals surface area contributed by atoms with E-state index in [0.29, 0.717) is 0 Å². The van der Waals surface area contributed by atoms with E-state index < -0.39 is 33.7 Å². The first-order valence-corrected chi connectivity index (χ1v) is 5.91. The van der Waals surface area contributed by atoms with Crippen molar-refractivity contribution in [2.45, 2.75) is 24.5 Å². The fraction of sp³-hybridized carbons (Fsp3) is 0.750. The van der Waals surface area contributed by atoms with E-state index in [0.717, 1.165) is 14.2 Å². The molecule has 0 aromatic rings. The highest BCUT2D eigenvalue weighted by Crippen LogP contribution is 2.13. The van der Waals surface area contributed by atoms with E-state index in [1.165, 1.54) is 0 Å². The van der Waals surface area contributed by atoms with Crippen LogP contribution in [0.5, 0.6) is 0 Å². The van der Waals surface area contributed by atoms with Crippen LogP contribution in [-0.4, -0.2) is 44.4 Å². The summed E-state index contributed by atoms with van der Waals surface area (Å²) >= 11 is 0. The molecule has 0 rings (SSSR count). The third kappa shape index (κ3) is 5.66. The van der Waals surface area contributed by atoms with Crippen molar-refractivity contribution in [2.75, 3.05) is 14.2 Å². The van der Waals surface area contributed by atoms with Crippen molar-refractivity contribution in [1.82, 2.24) is 0 Å². The Kier molecular flexibility index (Phi) is 5.97. The van der Waals surface area contributed by atoms with Crippen LogP contribution in [0.4, 0.5) is 0 Å². The first-order valence-electron chi connectivity index (χ1n) is 4.41. The number of hydrogen-bond donors (Lipinski definition) is 1. The first-order chi connectivity index (χ1) is 7.31. The molecule has 0 aromatic carbocycles. The van der Waals surface area contributed by atoms with Crippen LogP contribution in [0.15, 0.2) is 0 Å². The standard InChI is InChI=1S/C8H14O7S/c1-14-7(9)4-3-6(16(11,12)13)5-8(10)15-2/h6H,3-5H2,1-2H3,(H,11,12,13). The minimum absolute atomic E-state index is 0.194. The lowest BCUT2D eigenvalue weighted by atomic mass is 10.2. The molecular formula is C8H14O7S. The molecule has 7 nitrogen and oxygen atoms in total. The number of methoxy groups -OCH3 is 2. The molecule has 0 saturated heterocycles. The van der Waals surface area contributed by atoms with Crippen molar-refractivity contribution in [2.24, 2.45) is 0 Å². The molecule has 0 saturated carbocycles. The van der Waals surface area contributed by atoms with Crippen molar-refractivity contribution in [3.8, 4) is 0 Å². The Bertz CT molecular complexity index is 345. The summed E-state index contributed by atoms with van der Waals surface area (Å²) in [5, 5.41) is -1.35. The maximum Gasteiger partial charge on any atom is 0.306 e. The van der Waals surface area contributed by atoms with Gasteiger partial charge in [-0.15, -0.1) is 0 Å². The second kappa shape index (κ2) is 6.44. The van der Waals surface area contributed by atoms with Crippen molar-refractivity contribution < 1.29 is 32.0 Å². The minimum Gasteiger partial charge on any atom is -0.469 e. The second-order valence-electron chi connectivity index (χ2n) is 3.03. The van der Waals surface area contributed by atoms with Crippen LogP contribution in [0, 0.1) is 0 Å². The van der Waals surface area contributed by atoms with Crippen LogP contribution in [0.1, 0.15) is 19.3 Å². The highest BCUT2D eigenvalue weighted by atomic mass is 32.2. The number of ether oxygens (including phenoxy) is 2. The molecule has 0 aliphatic heterocycles. The normalized spacial score (nSPS) is 12.9. The largest absolute Gasteiger partial charge is 0.469 e. The lowest BCUT2D eigenvalue weighted by molar-refractivity contribution is -0.142. The number of carbonyl (C=O) groups is 2. The molecule has 0 aromatic heterocycles. The zero-order chi connectivity index (χ0) is 12.8. The summed E-state index contributed by atoms with van der Waals surface area (Å²) in [5.74, 6) is -1.38. The molecule has 0 fully saturated rings. The lowest BCUT2D eigenvalue weighted by Gasteiger charge is -2.11. The summed E-state index contributed by atoms with van der Waals surface area (Å²) in [6, 6.07) is 0. The van der Waals surface area contributed by atoms with Crippen molar-refractivity contribution in [3.63, 3.8) is 0 Å². The van der Waals surface area contributed by atoms with E-state index in [1.807, 2.05) is 0 Å². The molecule has 0 spiro atoms. The zero-order valence-corrected chi connectivity index (χ0v) is 9.82. The van der Waals surface area contributed by atoms with Crippen molar-refractivity contribution >= 4 is 22.1 Å². The van der Waals surface area contributed by atoms with Crippen molar-refractivity contribution in [3.05, 3.63) is 0 Å². The Labute approximate surface area is 93.5 Å². The van der Waals surface area contributed by atoms with Gasteiger partial charge >= 0.3 is 11.9 Å². The van der Waals surface area contributed by atoms with Gasteiger partial charge in [0.25, 0.3) is 10.1 Å². The maximum atomic E-state index is 10.9. The van der Waals surface area contributed by atoms with E-state index >= 15 is 0 Å². The van der Waals surface area contributed by atoms with Crippen LogP contribution in [0.3, 0.4) is 0 Å². The molecule has 8 heteroatoms. The molecule has 0 aliphatic rings. The summed E-state index contributed by atoms with van der Waals surface area (Å²) in [5.41, 5.74) is 0. The molecule has 0 radical (unpaired) electrons. The summed E-state index contributed by atoms with van der Waals surface area (Å²) in [7, 11) is -2.12. The Morgan fingerprint density at radius 2 is 1.69 bits per heavy atom. The fourth-order valence-corrected chi connectivity index (χ4v) is 1.77. The molecule has 94 valence electrons. The van der Waals surface area contributed by atoms with Gasteiger partial charge in [-0.2, -0.15) is 8.42 Å². The van der Waals surface area contributed by atoms with E-state index in [9.17, 15) is 18.0 Å². The van der Waals surface area contributed by atoms with Gasteiger partial charge in [0.05, 0.1) is 25.9 Å². The van der Waals surface area contributed by atoms with Gasteiger partial charge < -0.3 is 9.47 Å². The Balaban J connectivity index is 4.46. The maximum absolute atomic E-state index is 10.9. The quantitative estimate of drug-likeness (QED) is 0.514. The SMILES string of the molecule is COC(=O)CCC(CC(=O)OC)S(=O)(=O)O. The van der Waals surface area contributed by atoms with Crippen LogP contribution in [-0.2, 0) is 29.2 Å². The summed E-state index contributed by atoms with van der Waals surface area (Å²) < 4.78 is 39.2. The molecule has 1 atom stereocenters. The number of hydrogen-bond acceptors (Lipinski definition) is 6. The number of rotatable bonds is 6. The van der Waals surface area contributed by atoms with Crippen LogP contribution >= 0.6 is 0 Å². The van der Waals surface area contributed by atoms with Gasteiger partial charge in [0.2, 0.25) is 0 Å². The minimum atomic E-state index is -4.38. The summed E-state index contributed by atoms with van der Waals surface area (Å²) in [6.07, 6.45) is -0.884. The second-order valence-corrected chi connectivity index (χ2v) is 4.73. The van der Waals surface area contributed by atoms with E-state index in [-0.39, 0.29) is 12.8 Å². The average molecular weight is 254 g/mol. The fourth-order valence-electron chi connectivity index (χ4n) is 1.01. The summed E-state index contributed by atoms with van der Waals surface area (Å²) in [4.78, 5) is 21.7. The summed E-state index contributed by atoms with van der Waals surface area (Å²) in [6.45, 7) is 0. The molecule has 0 bridgehead atoms. The highest BCUT2D eigenvalue weighted by molar-refractivity contribution is 7.86. The van der Waals surface area contributed by atoms with Crippen LogP contribution in [0.25, 0.3) is 0 Å². The molecule has 16 heavy (non-hydrogen) atoms. The molecule has 1 unspecified atom stereocenters. The van der Waals surface area contributed by atoms with Gasteiger partial charge in [0, 0.05) is 6.42 Å². The predicted octanol–water partition coefficient (Wildman–Crippen LogP) is -0.241. The van der Waals surface area contributed by atoms with Gasteiger partial charge in [-0.25, -0.2) is 0 Å². The lowest BCUT2D eigenvalue weighted by Crippen LogP contribution is -2.25. The molecular weight excluding hydrogens is 240 g/mol. The van der Waals surface area contributed by atoms with Gasteiger partial charge in [-0.1, -0.05) is 0 Å². The third-order valence-corrected chi connectivity index (χ3v) is 3.19. The molecule has 0 heterocycles. The van der Waals surface area contributed by atoms with Crippen LogP contribution in [0.2, 0.25) is 0 Å². The zero-order valence-electron chi connectivity index (χ0n) is 9.00. The third-order valence-electron chi connectivity index (χ3n) is 1.94.